The molecule has 90 valence electrons. The lowest BCUT2D eigenvalue weighted by atomic mass is 10.1. The number of thiol groups is 1. The van der Waals surface area contributed by atoms with E-state index < -0.39 is 27.7 Å². The third-order valence-electron chi connectivity index (χ3n) is 2.28. The number of aliphatic carboxylic acids is 1. The maximum absolute atomic E-state index is 11.1. The highest BCUT2D eigenvalue weighted by Gasteiger charge is 2.38. The molecule has 1 atom stereocenters. The molecule has 0 bridgehead atoms. The van der Waals surface area contributed by atoms with Crippen LogP contribution in [0.3, 0.4) is 0 Å². The predicted molar refractivity (Wildman–Crippen MR) is 61.3 cm³/mol. The number of nitrogens with two attached hydrogens (primary N) is 2. The van der Waals surface area contributed by atoms with Crippen molar-refractivity contribution in [3.8, 4) is 0 Å². The molecule has 0 amide bonds. The highest BCUT2D eigenvalue weighted by Crippen LogP contribution is 2.45. The molecule has 1 rings (SSSR count). The number of allylic oxidation sites excluding steroid dienone is 2. The molecule has 5 N–H and O–H groups in total. The molecule has 6 nitrogen and oxygen atoms in total. The zero-order chi connectivity index (χ0) is 12.2. The van der Waals surface area contributed by atoms with Crippen LogP contribution in [0.2, 0.25) is 0 Å². The first-order valence-electron chi connectivity index (χ1n) is 4.56. The van der Waals surface area contributed by atoms with Gasteiger partial charge in [-0.25, -0.2) is 4.79 Å². The van der Waals surface area contributed by atoms with E-state index >= 15 is 0 Å². The highest BCUT2D eigenvalue weighted by molar-refractivity contribution is 8.24. The first kappa shape index (κ1) is 12.8. The molecule has 1 aliphatic heterocycles. The third-order valence-corrected chi connectivity index (χ3v) is 4.60. The van der Waals surface area contributed by atoms with Gasteiger partial charge in [0.25, 0.3) is 0 Å². The minimum absolute atomic E-state index is 0.00124. The fourth-order valence-electron chi connectivity index (χ4n) is 1.30. The molecule has 0 aromatic heterocycles. The second kappa shape index (κ2) is 5.15. The van der Waals surface area contributed by atoms with Crippen molar-refractivity contribution in [3.63, 3.8) is 0 Å². The Labute approximate surface area is 95.2 Å². The van der Waals surface area contributed by atoms with Crippen LogP contribution in [0.25, 0.3) is 0 Å². The predicted octanol–water partition coefficient (Wildman–Crippen LogP) is -0.0347. The average molecular weight is 246 g/mol. The maximum Gasteiger partial charge on any atom is 0.333 e. The van der Waals surface area contributed by atoms with Crippen LogP contribution in [0.5, 0.6) is 0 Å². The van der Waals surface area contributed by atoms with E-state index in [4.69, 9.17) is 10.8 Å². The summed E-state index contributed by atoms with van der Waals surface area (Å²) in [6.07, 6.45) is 3.38. The van der Waals surface area contributed by atoms with Crippen molar-refractivity contribution >= 4 is 22.8 Å². The van der Waals surface area contributed by atoms with Crippen LogP contribution in [0.4, 0.5) is 0 Å². The Bertz CT molecular complexity index is 343. The van der Waals surface area contributed by atoms with E-state index in [1.165, 1.54) is 0 Å². The summed E-state index contributed by atoms with van der Waals surface area (Å²) in [5.74, 6) is 2.88. The van der Waals surface area contributed by atoms with Crippen LogP contribution in [-0.4, -0.2) is 21.9 Å². The van der Waals surface area contributed by atoms with Gasteiger partial charge in [0.05, 0.1) is 6.42 Å². The minimum atomic E-state index is -1.44. The zero-order valence-electron chi connectivity index (χ0n) is 8.50. The van der Waals surface area contributed by atoms with E-state index in [0.29, 0.717) is 0 Å². The second-order valence-corrected chi connectivity index (χ2v) is 5.52. The molecule has 1 heterocycles. The largest absolute Gasteiger partial charge is 0.479 e. The highest BCUT2D eigenvalue weighted by atomic mass is 32.2. The van der Waals surface area contributed by atoms with Crippen LogP contribution >= 0.6 is 10.9 Å². The lowest BCUT2D eigenvalue weighted by Crippen LogP contribution is -2.47. The quantitative estimate of drug-likeness (QED) is 0.400. The molecule has 0 aliphatic carbocycles. The molecule has 0 spiro atoms. The molecule has 0 saturated heterocycles. The summed E-state index contributed by atoms with van der Waals surface area (Å²) < 4.78 is 0. The summed E-state index contributed by atoms with van der Waals surface area (Å²) in [7, 11) is -1.10. The third kappa shape index (κ3) is 2.63. The summed E-state index contributed by atoms with van der Waals surface area (Å²) in [6.45, 7) is 0. The van der Waals surface area contributed by atoms with E-state index in [1.807, 2.05) is 0 Å². The molecule has 0 saturated carbocycles. The van der Waals surface area contributed by atoms with E-state index in [1.54, 1.807) is 23.0 Å². The summed E-state index contributed by atoms with van der Waals surface area (Å²) >= 11 is 0. The number of carboxylic acids is 1. The molecule has 0 unspecified atom stereocenters. The van der Waals surface area contributed by atoms with Gasteiger partial charge in [0, 0.05) is 0 Å². The minimum Gasteiger partial charge on any atom is -0.479 e. The summed E-state index contributed by atoms with van der Waals surface area (Å²) in [5.41, 5.74) is 5.83. The number of carbonyl (C=O) groups excluding carboxylic acids is 1. The van der Waals surface area contributed by atoms with Gasteiger partial charge in [0.1, 0.15) is 0 Å². The fourth-order valence-corrected chi connectivity index (χ4v) is 3.09. The van der Waals surface area contributed by atoms with Gasteiger partial charge in [-0.1, -0.05) is 12.2 Å². The molecule has 1 aliphatic rings. The second-order valence-electron chi connectivity index (χ2n) is 3.31. The SMILES string of the molecule is NOC(=O)CC[C@@](N)(C(=O)O)[SH]1C=CC=C1. The first-order chi connectivity index (χ1) is 7.50. The van der Waals surface area contributed by atoms with Crippen molar-refractivity contribution < 1.29 is 19.5 Å². The van der Waals surface area contributed by atoms with Crippen molar-refractivity contribution in [2.45, 2.75) is 17.7 Å². The first-order valence-corrected chi connectivity index (χ1v) is 6.04. The van der Waals surface area contributed by atoms with Crippen molar-refractivity contribution in [3.05, 3.63) is 23.0 Å². The molecule has 16 heavy (non-hydrogen) atoms. The van der Waals surface area contributed by atoms with Crippen molar-refractivity contribution in [1.29, 1.82) is 0 Å². The molecule has 0 fully saturated rings. The number of carbonyl (C=O) groups is 2. The summed E-state index contributed by atoms with van der Waals surface area (Å²) in [6, 6.07) is 0. The summed E-state index contributed by atoms with van der Waals surface area (Å²) in [4.78, 5) is 24.6. The standard InChI is InChI=1S/C9H14N2O4S/c10-9(8(13)14,4-3-7(12)15-11)16-5-1-2-6-16/h1-2,5-6,16H,3-4,10-11H2,(H,13,14)/t9-/m0/s1. The van der Waals surface area contributed by atoms with Gasteiger partial charge in [-0.2, -0.15) is 16.8 Å². The normalized spacial score (nSPS) is 19.5. The Hall–Kier alpha value is -1.31. The fraction of sp³-hybridized carbons (Fsp3) is 0.333. The van der Waals surface area contributed by atoms with Gasteiger partial charge >= 0.3 is 11.9 Å². The lowest BCUT2D eigenvalue weighted by molar-refractivity contribution is -0.145. The monoisotopic (exact) mass is 246 g/mol. The Morgan fingerprint density at radius 3 is 2.38 bits per heavy atom. The van der Waals surface area contributed by atoms with Crippen molar-refractivity contribution in [2.24, 2.45) is 11.6 Å². The van der Waals surface area contributed by atoms with E-state index in [2.05, 4.69) is 10.7 Å². The van der Waals surface area contributed by atoms with E-state index in [0.717, 1.165) is 0 Å². The van der Waals surface area contributed by atoms with Crippen LogP contribution in [-0.2, 0) is 14.4 Å². The maximum atomic E-state index is 11.1. The van der Waals surface area contributed by atoms with Gasteiger partial charge in [-0.15, -0.1) is 0 Å². The van der Waals surface area contributed by atoms with Gasteiger partial charge < -0.3 is 15.7 Å². The molecular formula is C9H14N2O4S. The van der Waals surface area contributed by atoms with E-state index in [-0.39, 0.29) is 12.8 Å². The van der Waals surface area contributed by atoms with Gasteiger partial charge in [0.2, 0.25) is 0 Å². The molecule has 0 radical (unpaired) electrons. The number of hydrogen-bond acceptors (Lipinski definition) is 5. The van der Waals surface area contributed by atoms with Crippen LogP contribution in [0, 0.1) is 0 Å². The summed E-state index contributed by atoms with van der Waals surface area (Å²) in [5, 5.41) is 12.6. The van der Waals surface area contributed by atoms with Crippen molar-refractivity contribution in [2.75, 3.05) is 0 Å². The van der Waals surface area contributed by atoms with Gasteiger partial charge in [-0.3, -0.25) is 4.79 Å². The number of hydrogen-bond donors (Lipinski definition) is 4. The Morgan fingerprint density at radius 1 is 1.38 bits per heavy atom. The zero-order valence-corrected chi connectivity index (χ0v) is 9.39. The number of rotatable bonds is 5. The topological polar surface area (TPSA) is 116 Å². The number of carboxylic acid groups (broad SMARTS) is 1. The van der Waals surface area contributed by atoms with Crippen LogP contribution in [0.1, 0.15) is 12.8 Å². The Kier molecular flexibility index (Phi) is 4.11. The Morgan fingerprint density at radius 2 is 1.94 bits per heavy atom. The smallest absolute Gasteiger partial charge is 0.333 e. The van der Waals surface area contributed by atoms with E-state index in [9.17, 15) is 9.59 Å². The average Bonchev–Trinajstić information content (AvgIpc) is 2.78. The van der Waals surface area contributed by atoms with Crippen LogP contribution < -0.4 is 11.6 Å². The molecular weight excluding hydrogens is 232 g/mol. The lowest BCUT2D eigenvalue weighted by Gasteiger charge is -2.31. The van der Waals surface area contributed by atoms with Crippen molar-refractivity contribution in [1.82, 2.24) is 0 Å². The van der Waals surface area contributed by atoms with Gasteiger partial charge in [-0.05, 0) is 17.2 Å². The van der Waals surface area contributed by atoms with Gasteiger partial charge in [0.15, 0.2) is 4.87 Å². The Balaban J connectivity index is 2.73. The molecule has 0 aromatic rings. The molecule has 7 heteroatoms. The molecule has 0 aromatic carbocycles. The van der Waals surface area contributed by atoms with Crippen LogP contribution in [0.15, 0.2) is 23.0 Å².